The first-order valence-electron chi connectivity index (χ1n) is 6.80. The van der Waals surface area contributed by atoms with Crippen LogP contribution in [0.1, 0.15) is 36.7 Å². The predicted molar refractivity (Wildman–Crippen MR) is 71.1 cm³/mol. The number of alkyl halides is 3. The lowest BCUT2D eigenvalue weighted by Gasteiger charge is -2.23. The van der Waals surface area contributed by atoms with Crippen molar-refractivity contribution in [2.24, 2.45) is 0 Å². The molecule has 21 heavy (non-hydrogen) atoms. The van der Waals surface area contributed by atoms with Gasteiger partial charge in [-0.2, -0.15) is 13.2 Å². The monoisotopic (exact) mass is 297 g/mol. The second-order valence-corrected chi connectivity index (χ2v) is 5.12. The van der Waals surface area contributed by atoms with Crippen molar-refractivity contribution in [3.8, 4) is 0 Å². The Hall–Kier alpha value is -1.89. The van der Waals surface area contributed by atoms with Gasteiger partial charge in [-0.3, -0.25) is 9.20 Å². The van der Waals surface area contributed by atoms with E-state index in [2.05, 4.69) is 10.3 Å². The molecule has 1 aliphatic rings. The molecule has 0 bridgehead atoms. The fourth-order valence-electron chi connectivity index (χ4n) is 2.68. The van der Waals surface area contributed by atoms with Gasteiger partial charge in [-0.15, -0.1) is 0 Å². The lowest BCUT2D eigenvalue weighted by molar-refractivity contribution is -0.142. The maximum atomic E-state index is 13.0. The molecule has 112 valence electrons. The standard InChI is InChI=1S/C14H14F3N3O/c15-14(16,17)11-5-3-6-12-19-10(8-13(21)20(11)12)9-4-1-2-7-18-9/h3,5-6,8-9,18H,1-2,4,7H2. The van der Waals surface area contributed by atoms with E-state index < -0.39 is 17.4 Å². The van der Waals surface area contributed by atoms with Crippen molar-refractivity contribution in [1.29, 1.82) is 0 Å². The zero-order valence-corrected chi connectivity index (χ0v) is 11.2. The van der Waals surface area contributed by atoms with Gasteiger partial charge in [-0.05, 0) is 31.5 Å². The number of nitrogens with zero attached hydrogens (tertiary/aromatic N) is 2. The Morgan fingerprint density at radius 2 is 2.10 bits per heavy atom. The van der Waals surface area contributed by atoms with E-state index in [0.717, 1.165) is 31.9 Å². The average Bonchev–Trinajstić information content (AvgIpc) is 2.46. The fourth-order valence-corrected chi connectivity index (χ4v) is 2.68. The Morgan fingerprint density at radius 1 is 1.29 bits per heavy atom. The highest BCUT2D eigenvalue weighted by Gasteiger charge is 2.34. The third-order valence-electron chi connectivity index (χ3n) is 3.66. The molecule has 3 heterocycles. The van der Waals surface area contributed by atoms with Crippen LogP contribution in [0.15, 0.2) is 29.1 Å². The van der Waals surface area contributed by atoms with Crippen LogP contribution in [0.25, 0.3) is 5.65 Å². The number of nitrogens with one attached hydrogen (secondary N) is 1. The number of halogens is 3. The van der Waals surface area contributed by atoms with Gasteiger partial charge in [0.05, 0.1) is 5.69 Å². The van der Waals surface area contributed by atoms with Crippen LogP contribution in [0.5, 0.6) is 0 Å². The number of fused-ring (bicyclic) bond motifs is 1. The highest BCUT2D eigenvalue weighted by molar-refractivity contribution is 5.41. The summed E-state index contributed by atoms with van der Waals surface area (Å²) in [5, 5.41) is 3.24. The molecule has 0 spiro atoms. The summed E-state index contributed by atoms with van der Waals surface area (Å²) in [5.74, 6) is 0. The lowest BCUT2D eigenvalue weighted by Crippen LogP contribution is -2.30. The van der Waals surface area contributed by atoms with Crippen LogP contribution in [-0.2, 0) is 6.18 Å². The Kier molecular flexibility index (Phi) is 3.44. The highest BCUT2D eigenvalue weighted by atomic mass is 19.4. The van der Waals surface area contributed by atoms with E-state index in [9.17, 15) is 18.0 Å². The largest absolute Gasteiger partial charge is 0.431 e. The summed E-state index contributed by atoms with van der Waals surface area (Å²) in [7, 11) is 0. The maximum Gasteiger partial charge on any atom is 0.431 e. The summed E-state index contributed by atoms with van der Waals surface area (Å²) in [4.78, 5) is 16.3. The summed E-state index contributed by atoms with van der Waals surface area (Å²) in [6, 6.07) is 4.71. The molecule has 1 fully saturated rings. The molecule has 0 amide bonds. The molecular weight excluding hydrogens is 283 g/mol. The minimum absolute atomic E-state index is 0.0275. The van der Waals surface area contributed by atoms with Crippen LogP contribution in [-0.4, -0.2) is 15.9 Å². The summed E-state index contributed by atoms with van der Waals surface area (Å²) < 4.78 is 39.5. The van der Waals surface area contributed by atoms with Crippen molar-refractivity contribution < 1.29 is 13.2 Å². The van der Waals surface area contributed by atoms with E-state index in [1.165, 1.54) is 18.2 Å². The number of aromatic nitrogens is 2. The normalized spacial score (nSPS) is 19.9. The van der Waals surface area contributed by atoms with E-state index in [0.29, 0.717) is 10.1 Å². The molecule has 1 atom stereocenters. The number of rotatable bonds is 1. The van der Waals surface area contributed by atoms with Crippen LogP contribution in [0.2, 0.25) is 0 Å². The van der Waals surface area contributed by atoms with Crippen molar-refractivity contribution in [2.45, 2.75) is 31.5 Å². The minimum Gasteiger partial charge on any atom is -0.309 e. The van der Waals surface area contributed by atoms with Gasteiger partial charge in [0.15, 0.2) is 0 Å². The molecule has 7 heteroatoms. The Bertz CT molecular complexity index is 717. The number of pyridine rings is 1. The van der Waals surface area contributed by atoms with Gasteiger partial charge in [0, 0.05) is 12.1 Å². The van der Waals surface area contributed by atoms with Crippen LogP contribution in [0.4, 0.5) is 13.2 Å². The maximum absolute atomic E-state index is 13.0. The first kappa shape index (κ1) is 14.1. The van der Waals surface area contributed by atoms with Crippen molar-refractivity contribution in [1.82, 2.24) is 14.7 Å². The second-order valence-electron chi connectivity index (χ2n) is 5.12. The average molecular weight is 297 g/mol. The molecule has 1 aliphatic heterocycles. The molecule has 2 aromatic rings. The van der Waals surface area contributed by atoms with E-state index in [4.69, 9.17) is 0 Å². The number of hydrogen-bond donors (Lipinski definition) is 1. The zero-order chi connectivity index (χ0) is 15.0. The van der Waals surface area contributed by atoms with E-state index in [1.54, 1.807) is 0 Å². The van der Waals surface area contributed by atoms with Crippen LogP contribution in [0, 0.1) is 0 Å². The number of piperidine rings is 1. The van der Waals surface area contributed by atoms with Crippen molar-refractivity contribution in [2.75, 3.05) is 6.54 Å². The van der Waals surface area contributed by atoms with E-state index in [1.807, 2.05) is 0 Å². The molecular formula is C14H14F3N3O. The fraction of sp³-hybridized carbons (Fsp3) is 0.429. The quantitative estimate of drug-likeness (QED) is 0.880. The molecule has 0 radical (unpaired) electrons. The van der Waals surface area contributed by atoms with Gasteiger partial charge in [0.2, 0.25) is 0 Å². The van der Waals surface area contributed by atoms with Gasteiger partial charge in [-0.1, -0.05) is 12.5 Å². The van der Waals surface area contributed by atoms with Crippen molar-refractivity contribution in [3.05, 3.63) is 46.0 Å². The third kappa shape index (κ3) is 2.65. The molecule has 1 N–H and O–H groups in total. The molecule has 3 rings (SSSR count). The number of hydrogen-bond acceptors (Lipinski definition) is 3. The highest BCUT2D eigenvalue weighted by Crippen LogP contribution is 2.29. The second kappa shape index (κ2) is 5.14. The van der Waals surface area contributed by atoms with Gasteiger partial charge >= 0.3 is 6.18 Å². The molecule has 0 saturated carbocycles. The van der Waals surface area contributed by atoms with Gasteiger partial charge < -0.3 is 5.32 Å². The summed E-state index contributed by atoms with van der Waals surface area (Å²) in [6.07, 6.45) is -1.68. The lowest BCUT2D eigenvalue weighted by atomic mass is 10.0. The van der Waals surface area contributed by atoms with Crippen LogP contribution >= 0.6 is 0 Å². The Morgan fingerprint density at radius 3 is 2.76 bits per heavy atom. The molecule has 0 aliphatic carbocycles. The molecule has 1 saturated heterocycles. The first-order valence-corrected chi connectivity index (χ1v) is 6.80. The minimum atomic E-state index is -4.59. The van der Waals surface area contributed by atoms with Crippen molar-refractivity contribution >= 4 is 5.65 Å². The van der Waals surface area contributed by atoms with Crippen molar-refractivity contribution in [3.63, 3.8) is 0 Å². The predicted octanol–water partition coefficient (Wildman–Crippen LogP) is 2.53. The van der Waals surface area contributed by atoms with Crippen LogP contribution in [0.3, 0.4) is 0 Å². The molecule has 2 aromatic heterocycles. The van der Waals surface area contributed by atoms with Crippen LogP contribution < -0.4 is 10.9 Å². The van der Waals surface area contributed by atoms with E-state index in [-0.39, 0.29) is 11.7 Å². The van der Waals surface area contributed by atoms with E-state index >= 15 is 0 Å². The molecule has 4 nitrogen and oxygen atoms in total. The first-order chi connectivity index (χ1) is 9.97. The smallest absolute Gasteiger partial charge is 0.309 e. The third-order valence-corrected chi connectivity index (χ3v) is 3.66. The molecule has 1 unspecified atom stereocenters. The summed E-state index contributed by atoms with van der Waals surface area (Å²) >= 11 is 0. The Balaban J connectivity index is 2.15. The van der Waals surface area contributed by atoms with Gasteiger partial charge in [0.25, 0.3) is 5.56 Å². The van der Waals surface area contributed by atoms with Gasteiger partial charge in [0.1, 0.15) is 11.3 Å². The zero-order valence-electron chi connectivity index (χ0n) is 11.2. The SMILES string of the molecule is O=c1cc(C2CCCCN2)nc2cccc(C(F)(F)F)n12. The molecule has 0 aromatic carbocycles. The summed E-state index contributed by atoms with van der Waals surface area (Å²) in [5.41, 5.74) is -1.16. The van der Waals surface area contributed by atoms with Gasteiger partial charge in [-0.25, -0.2) is 4.98 Å². The summed E-state index contributed by atoms with van der Waals surface area (Å²) in [6.45, 7) is 0.828. The Labute approximate surface area is 118 Å². The topological polar surface area (TPSA) is 46.4 Å².